The third-order valence-corrected chi connectivity index (χ3v) is 3.91. The van der Waals surface area contributed by atoms with Crippen LogP contribution in [0.25, 0.3) is 0 Å². The minimum Gasteiger partial charge on any atom is -0.397 e. The number of aromatic nitrogens is 1. The van der Waals surface area contributed by atoms with Crippen molar-refractivity contribution in [3.63, 3.8) is 0 Å². The van der Waals surface area contributed by atoms with E-state index in [1.54, 1.807) is 12.3 Å². The molecule has 18 heavy (non-hydrogen) atoms. The van der Waals surface area contributed by atoms with Gasteiger partial charge in [-0.2, -0.15) is 0 Å². The fourth-order valence-electron chi connectivity index (χ4n) is 2.69. The van der Waals surface area contributed by atoms with Crippen LogP contribution in [0.3, 0.4) is 0 Å². The highest BCUT2D eigenvalue weighted by atomic mass is 16.2. The van der Waals surface area contributed by atoms with E-state index in [0.29, 0.717) is 11.4 Å². The van der Waals surface area contributed by atoms with Crippen molar-refractivity contribution in [3.8, 4) is 0 Å². The predicted molar refractivity (Wildman–Crippen MR) is 70.3 cm³/mol. The molecule has 2 fully saturated rings. The summed E-state index contributed by atoms with van der Waals surface area (Å²) < 4.78 is 1.81. The molecule has 1 aliphatic carbocycles. The van der Waals surface area contributed by atoms with Crippen LogP contribution in [0.1, 0.15) is 23.3 Å². The van der Waals surface area contributed by atoms with Crippen molar-refractivity contribution in [1.29, 1.82) is 0 Å². The number of nitrogen functional groups attached to an aromatic ring is 1. The molecule has 2 N–H and O–H groups in total. The first kappa shape index (κ1) is 11.6. The average Bonchev–Trinajstić information content (AvgIpc) is 3.15. The van der Waals surface area contributed by atoms with Gasteiger partial charge in [-0.1, -0.05) is 0 Å². The lowest BCUT2D eigenvalue weighted by Crippen LogP contribution is -2.49. The predicted octanol–water partition coefficient (Wildman–Crippen LogP) is 0.527. The molecule has 0 atom stereocenters. The Hall–Kier alpha value is -1.49. The highest BCUT2D eigenvalue weighted by molar-refractivity contribution is 5.93. The Kier molecular flexibility index (Phi) is 2.78. The maximum atomic E-state index is 12.4. The fraction of sp³-hybridized carbons (Fsp3) is 0.615. The van der Waals surface area contributed by atoms with Crippen LogP contribution in [0, 0.1) is 0 Å². The molecule has 5 nitrogen and oxygen atoms in total. The SMILES string of the molecule is Cn1cc(N)cc1C(=O)N1CCN(C2CC2)CC1. The number of piperazine rings is 1. The van der Waals surface area contributed by atoms with E-state index >= 15 is 0 Å². The molecule has 0 spiro atoms. The number of carbonyl (C=O) groups is 1. The second-order valence-corrected chi connectivity index (χ2v) is 5.33. The quantitative estimate of drug-likeness (QED) is 0.830. The first-order valence-electron chi connectivity index (χ1n) is 6.60. The number of carbonyl (C=O) groups excluding carboxylic acids is 1. The highest BCUT2D eigenvalue weighted by Crippen LogP contribution is 2.27. The van der Waals surface area contributed by atoms with Gasteiger partial charge in [0.05, 0.1) is 5.69 Å². The number of hydrogen-bond donors (Lipinski definition) is 1. The minimum absolute atomic E-state index is 0.102. The van der Waals surface area contributed by atoms with Crippen molar-refractivity contribution in [2.24, 2.45) is 7.05 Å². The number of amides is 1. The number of aryl methyl sites for hydroxylation is 1. The van der Waals surface area contributed by atoms with Gasteiger partial charge in [0.2, 0.25) is 0 Å². The maximum Gasteiger partial charge on any atom is 0.270 e. The van der Waals surface area contributed by atoms with E-state index in [2.05, 4.69) is 4.90 Å². The van der Waals surface area contributed by atoms with Crippen LogP contribution in [0.5, 0.6) is 0 Å². The van der Waals surface area contributed by atoms with Gasteiger partial charge in [0.15, 0.2) is 0 Å². The maximum absolute atomic E-state index is 12.4. The summed E-state index contributed by atoms with van der Waals surface area (Å²) in [5, 5.41) is 0. The summed E-state index contributed by atoms with van der Waals surface area (Å²) in [5.41, 5.74) is 7.05. The number of nitrogens with zero attached hydrogens (tertiary/aromatic N) is 3. The van der Waals surface area contributed by atoms with Gasteiger partial charge >= 0.3 is 0 Å². The van der Waals surface area contributed by atoms with Crippen LogP contribution in [-0.2, 0) is 7.05 Å². The molecule has 2 aliphatic rings. The molecule has 0 bridgehead atoms. The summed E-state index contributed by atoms with van der Waals surface area (Å²) in [5.74, 6) is 0.102. The van der Waals surface area contributed by atoms with Crippen LogP contribution in [0.15, 0.2) is 12.3 Å². The van der Waals surface area contributed by atoms with Crippen molar-refractivity contribution in [2.45, 2.75) is 18.9 Å². The van der Waals surface area contributed by atoms with E-state index in [4.69, 9.17) is 5.73 Å². The molecule has 1 saturated carbocycles. The molecule has 1 amide bonds. The first-order valence-corrected chi connectivity index (χ1v) is 6.60. The Morgan fingerprint density at radius 1 is 1.28 bits per heavy atom. The van der Waals surface area contributed by atoms with Crippen LogP contribution >= 0.6 is 0 Å². The fourth-order valence-corrected chi connectivity index (χ4v) is 2.69. The first-order chi connectivity index (χ1) is 8.65. The smallest absolute Gasteiger partial charge is 0.270 e. The van der Waals surface area contributed by atoms with E-state index in [9.17, 15) is 4.79 Å². The summed E-state index contributed by atoms with van der Waals surface area (Å²) in [6, 6.07) is 2.56. The topological polar surface area (TPSA) is 54.5 Å². The summed E-state index contributed by atoms with van der Waals surface area (Å²) in [7, 11) is 1.87. The molecule has 1 aromatic rings. The van der Waals surface area contributed by atoms with E-state index in [1.165, 1.54) is 12.8 Å². The molecule has 1 aromatic heterocycles. The summed E-state index contributed by atoms with van der Waals surface area (Å²) in [6.45, 7) is 3.69. The van der Waals surface area contributed by atoms with Crippen molar-refractivity contribution in [3.05, 3.63) is 18.0 Å². The Labute approximate surface area is 107 Å². The van der Waals surface area contributed by atoms with Gasteiger partial charge < -0.3 is 15.2 Å². The van der Waals surface area contributed by atoms with Crippen LogP contribution in [0.4, 0.5) is 5.69 Å². The molecule has 98 valence electrons. The zero-order valence-corrected chi connectivity index (χ0v) is 10.8. The molecule has 0 unspecified atom stereocenters. The molecule has 0 aromatic carbocycles. The Bertz CT molecular complexity index is 456. The number of hydrogen-bond acceptors (Lipinski definition) is 3. The van der Waals surface area contributed by atoms with Crippen LogP contribution in [0.2, 0.25) is 0 Å². The summed E-state index contributed by atoms with van der Waals surface area (Å²) in [4.78, 5) is 16.8. The lowest BCUT2D eigenvalue weighted by Gasteiger charge is -2.34. The van der Waals surface area contributed by atoms with Gasteiger partial charge in [0, 0.05) is 45.5 Å². The Morgan fingerprint density at radius 2 is 1.94 bits per heavy atom. The van der Waals surface area contributed by atoms with Gasteiger partial charge in [-0.3, -0.25) is 9.69 Å². The molecular formula is C13H20N4O. The van der Waals surface area contributed by atoms with Crippen molar-refractivity contribution < 1.29 is 4.79 Å². The van der Waals surface area contributed by atoms with Crippen molar-refractivity contribution >= 4 is 11.6 Å². The number of nitrogens with two attached hydrogens (primary N) is 1. The normalized spacial score (nSPS) is 21.3. The zero-order valence-electron chi connectivity index (χ0n) is 10.8. The molecule has 2 heterocycles. The minimum atomic E-state index is 0.102. The zero-order chi connectivity index (χ0) is 12.7. The van der Waals surface area contributed by atoms with Gasteiger partial charge in [-0.15, -0.1) is 0 Å². The van der Waals surface area contributed by atoms with Gasteiger partial charge in [0.1, 0.15) is 5.69 Å². The lowest BCUT2D eigenvalue weighted by molar-refractivity contribution is 0.0618. The van der Waals surface area contributed by atoms with E-state index in [1.807, 2.05) is 16.5 Å². The highest BCUT2D eigenvalue weighted by Gasteiger charge is 2.32. The Balaban J connectivity index is 1.65. The Morgan fingerprint density at radius 3 is 2.44 bits per heavy atom. The van der Waals surface area contributed by atoms with Crippen molar-refractivity contribution in [2.75, 3.05) is 31.9 Å². The van der Waals surface area contributed by atoms with Crippen LogP contribution in [-0.4, -0.2) is 52.5 Å². The number of rotatable bonds is 2. The molecule has 3 rings (SSSR count). The molecule has 1 saturated heterocycles. The summed E-state index contributed by atoms with van der Waals surface area (Å²) >= 11 is 0. The van der Waals surface area contributed by atoms with E-state index < -0.39 is 0 Å². The second-order valence-electron chi connectivity index (χ2n) is 5.33. The van der Waals surface area contributed by atoms with Crippen LogP contribution < -0.4 is 5.73 Å². The van der Waals surface area contributed by atoms with E-state index in [0.717, 1.165) is 32.2 Å². The molecular weight excluding hydrogens is 228 g/mol. The number of anilines is 1. The third kappa shape index (κ3) is 2.10. The third-order valence-electron chi connectivity index (χ3n) is 3.91. The lowest BCUT2D eigenvalue weighted by atomic mass is 10.2. The average molecular weight is 248 g/mol. The van der Waals surface area contributed by atoms with Crippen molar-refractivity contribution in [1.82, 2.24) is 14.4 Å². The van der Waals surface area contributed by atoms with Gasteiger partial charge in [-0.05, 0) is 18.9 Å². The summed E-state index contributed by atoms with van der Waals surface area (Å²) in [6.07, 6.45) is 4.46. The largest absolute Gasteiger partial charge is 0.397 e. The van der Waals surface area contributed by atoms with E-state index in [-0.39, 0.29) is 5.91 Å². The van der Waals surface area contributed by atoms with Gasteiger partial charge in [0.25, 0.3) is 5.91 Å². The second kappa shape index (κ2) is 4.31. The molecule has 0 radical (unpaired) electrons. The monoisotopic (exact) mass is 248 g/mol. The molecule has 5 heteroatoms. The molecule has 1 aliphatic heterocycles. The van der Waals surface area contributed by atoms with Gasteiger partial charge in [-0.25, -0.2) is 0 Å². The standard InChI is InChI=1S/C13H20N4O/c1-15-9-10(14)8-12(15)13(18)17-6-4-16(5-7-17)11-2-3-11/h8-9,11H,2-7,14H2,1H3.